The number of benzene rings is 2. The molecule has 2 aromatic rings. The molecule has 0 heterocycles. The Morgan fingerprint density at radius 1 is 1.00 bits per heavy atom. The van der Waals surface area contributed by atoms with E-state index in [-0.39, 0.29) is 0 Å². The van der Waals surface area contributed by atoms with E-state index in [1.807, 2.05) is 19.1 Å². The van der Waals surface area contributed by atoms with E-state index in [2.05, 4.69) is 43.3 Å². The molecule has 0 saturated heterocycles. The third kappa shape index (κ3) is 3.53. The highest BCUT2D eigenvalue weighted by molar-refractivity contribution is 7.99. The van der Waals surface area contributed by atoms with E-state index >= 15 is 0 Å². The van der Waals surface area contributed by atoms with E-state index in [1.165, 1.54) is 15.4 Å². The van der Waals surface area contributed by atoms with E-state index in [0.717, 1.165) is 5.75 Å². The van der Waals surface area contributed by atoms with Crippen LogP contribution in [0.3, 0.4) is 0 Å². The van der Waals surface area contributed by atoms with Gasteiger partial charge in [0.15, 0.2) is 0 Å². The van der Waals surface area contributed by atoms with Gasteiger partial charge in [0.25, 0.3) is 0 Å². The van der Waals surface area contributed by atoms with E-state index in [0.29, 0.717) is 6.61 Å². The lowest BCUT2D eigenvalue weighted by Crippen LogP contribution is -1.90. The molecule has 0 saturated carbocycles. The summed E-state index contributed by atoms with van der Waals surface area (Å²) in [5.41, 5.74) is 1.29. The summed E-state index contributed by atoms with van der Waals surface area (Å²) >= 11 is 1.77. The summed E-state index contributed by atoms with van der Waals surface area (Å²) in [4.78, 5) is 2.51. The molecule has 1 nitrogen and oxygen atoms in total. The van der Waals surface area contributed by atoms with Crippen LogP contribution in [0.1, 0.15) is 12.5 Å². The summed E-state index contributed by atoms with van der Waals surface area (Å²) in [5.74, 6) is 0.932. The fourth-order valence-corrected chi connectivity index (χ4v) is 2.52. The first-order valence-electron chi connectivity index (χ1n) is 5.75. The second-order valence-corrected chi connectivity index (χ2v) is 4.97. The van der Waals surface area contributed by atoms with Crippen LogP contribution in [0.5, 0.6) is 5.75 Å². The van der Waals surface area contributed by atoms with Crippen molar-refractivity contribution in [1.29, 1.82) is 0 Å². The van der Waals surface area contributed by atoms with E-state index in [9.17, 15) is 0 Å². The monoisotopic (exact) mass is 244 g/mol. The van der Waals surface area contributed by atoms with Crippen LogP contribution in [-0.4, -0.2) is 6.61 Å². The molecule has 0 radical (unpaired) electrons. The SMILES string of the molecule is CCOc1ccc(Sc2cccc(C)c2)cc1. The molecule has 0 aliphatic rings. The molecule has 0 bridgehead atoms. The molecular formula is C15H16OS. The van der Waals surface area contributed by atoms with E-state index in [1.54, 1.807) is 11.8 Å². The van der Waals surface area contributed by atoms with Crippen molar-refractivity contribution in [3.05, 3.63) is 54.1 Å². The fourth-order valence-electron chi connectivity index (χ4n) is 1.59. The van der Waals surface area contributed by atoms with Crippen LogP contribution in [0.2, 0.25) is 0 Å². The van der Waals surface area contributed by atoms with Gasteiger partial charge in [-0.15, -0.1) is 0 Å². The molecule has 2 aromatic carbocycles. The Morgan fingerprint density at radius 3 is 2.41 bits per heavy atom. The number of hydrogen-bond donors (Lipinski definition) is 0. The van der Waals surface area contributed by atoms with Crippen molar-refractivity contribution in [2.24, 2.45) is 0 Å². The van der Waals surface area contributed by atoms with Crippen molar-refractivity contribution < 1.29 is 4.74 Å². The Kier molecular flexibility index (Phi) is 4.10. The summed E-state index contributed by atoms with van der Waals surface area (Å²) in [6.07, 6.45) is 0. The molecule has 0 atom stereocenters. The van der Waals surface area contributed by atoms with Gasteiger partial charge in [-0.25, -0.2) is 0 Å². The Morgan fingerprint density at radius 2 is 1.76 bits per heavy atom. The zero-order chi connectivity index (χ0) is 12.1. The molecule has 0 spiro atoms. The van der Waals surface area contributed by atoms with Crippen molar-refractivity contribution in [3.8, 4) is 5.75 Å². The van der Waals surface area contributed by atoms with Crippen LogP contribution in [-0.2, 0) is 0 Å². The van der Waals surface area contributed by atoms with Gasteiger partial charge in [-0.2, -0.15) is 0 Å². The van der Waals surface area contributed by atoms with Gasteiger partial charge in [-0.3, -0.25) is 0 Å². The number of hydrogen-bond acceptors (Lipinski definition) is 2. The number of rotatable bonds is 4. The number of ether oxygens (including phenoxy) is 1. The minimum absolute atomic E-state index is 0.713. The van der Waals surface area contributed by atoms with Gasteiger partial charge in [0.1, 0.15) is 5.75 Å². The summed E-state index contributed by atoms with van der Waals surface area (Å²) in [5, 5.41) is 0. The molecule has 0 fully saturated rings. The maximum atomic E-state index is 5.42. The predicted molar refractivity (Wildman–Crippen MR) is 72.9 cm³/mol. The standard InChI is InChI=1S/C15H16OS/c1-3-16-13-7-9-14(10-8-13)17-15-6-4-5-12(2)11-15/h4-11H,3H2,1-2H3. The largest absolute Gasteiger partial charge is 0.494 e. The summed E-state index contributed by atoms with van der Waals surface area (Å²) in [7, 11) is 0. The average molecular weight is 244 g/mol. The Balaban J connectivity index is 2.08. The first-order valence-corrected chi connectivity index (χ1v) is 6.57. The lowest BCUT2D eigenvalue weighted by atomic mass is 10.2. The van der Waals surface area contributed by atoms with Crippen molar-refractivity contribution in [2.45, 2.75) is 23.6 Å². The molecule has 0 aliphatic heterocycles. The van der Waals surface area contributed by atoms with Gasteiger partial charge in [-0.1, -0.05) is 29.5 Å². The third-order valence-electron chi connectivity index (χ3n) is 2.36. The molecular weight excluding hydrogens is 228 g/mol. The first kappa shape index (κ1) is 12.1. The van der Waals surface area contributed by atoms with Crippen LogP contribution in [0.25, 0.3) is 0 Å². The maximum Gasteiger partial charge on any atom is 0.119 e. The average Bonchev–Trinajstić information content (AvgIpc) is 2.32. The first-order chi connectivity index (χ1) is 8.28. The van der Waals surface area contributed by atoms with Crippen LogP contribution in [0, 0.1) is 6.92 Å². The maximum absolute atomic E-state index is 5.42. The lowest BCUT2D eigenvalue weighted by Gasteiger charge is -2.05. The summed E-state index contributed by atoms with van der Waals surface area (Å²) < 4.78 is 5.42. The Labute approximate surface area is 107 Å². The Bertz CT molecular complexity index is 477. The van der Waals surface area contributed by atoms with Crippen LogP contribution in [0.4, 0.5) is 0 Å². The Hall–Kier alpha value is -1.41. The van der Waals surface area contributed by atoms with Crippen molar-refractivity contribution >= 4 is 11.8 Å². The zero-order valence-corrected chi connectivity index (χ0v) is 11.0. The molecule has 88 valence electrons. The van der Waals surface area contributed by atoms with Crippen LogP contribution in [0.15, 0.2) is 58.3 Å². The molecule has 17 heavy (non-hydrogen) atoms. The summed E-state index contributed by atoms with van der Waals surface area (Å²) in [6.45, 7) is 4.82. The second-order valence-electron chi connectivity index (χ2n) is 3.82. The molecule has 2 heteroatoms. The molecule has 0 aromatic heterocycles. The van der Waals surface area contributed by atoms with Crippen molar-refractivity contribution in [3.63, 3.8) is 0 Å². The van der Waals surface area contributed by atoms with Gasteiger partial charge in [-0.05, 0) is 50.2 Å². The van der Waals surface area contributed by atoms with Gasteiger partial charge in [0.2, 0.25) is 0 Å². The summed E-state index contributed by atoms with van der Waals surface area (Å²) in [6, 6.07) is 16.8. The normalized spacial score (nSPS) is 10.2. The van der Waals surface area contributed by atoms with Crippen molar-refractivity contribution in [1.82, 2.24) is 0 Å². The third-order valence-corrected chi connectivity index (χ3v) is 3.36. The lowest BCUT2D eigenvalue weighted by molar-refractivity contribution is 0.340. The highest BCUT2D eigenvalue weighted by atomic mass is 32.2. The van der Waals surface area contributed by atoms with Gasteiger partial charge in [0.05, 0.1) is 6.61 Å². The molecule has 2 rings (SSSR count). The van der Waals surface area contributed by atoms with E-state index < -0.39 is 0 Å². The highest BCUT2D eigenvalue weighted by Crippen LogP contribution is 2.29. The quantitative estimate of drug-likeness (QED) is 0.780. The van der Waals surface area contributed by atoms with Gasteiger partial charge in [0, 0.05) is 9.79 Å². The second kappa shape index (κ2) is 5.78. The fraction of sp³-hybridized carbons (Fsp3) is 0.200. The van der Waals surface area contributed by atoms with Gasteiger partial charge >= 0.3 is 0 Å². The minimum Gasteiger partial charge on any atom is -0.494 e. The van der Waals surface area contributed by atoms with Crippen LogP contribution >= 0.6 is 11.8 Å². The number of aryl methyl sites for hydroxylation is 1. The predicted octanol–water partition coefficient (Wildman–Crippen LogP) is 4.54. The minimum atomic E-state index is 0.713. The van der Waals surface area contributed by atoms with E-state index in [4.69, 9.17) is 4.74 Å². The molecule has 0 unspecified atom stereocenters. The molecule has 0 amide bonds. The van der Waals surface area contributed by atoms with Crippen molar-refractivity contribution in [2.75, 3.05) is 6.61 Å². The van der Waals surface area contributed by atoms with Crippen LogP contribution < -0.4 is 4.74 Å². The highest BCUT2D eigenvalue weighted by Gasteiger charge is 1.98. The smallest absolute Gasteiger partial charge is 0.119 e. The molecule has 0 aliphatic carbocycles. The topological polar surface area (TPSA) is 9.23 Å². The van der Waals surface area contributed by atoms with Gasteiger partial charge < -0.3 is 4.74 Å². The zero-order valence-electron chi connectivity index (χ0n) is 10.1. The molecule has 0 N–H and O–H groups in total.